The molecule has 0 saturated carbocycles. The summed E-state index contributed by atoms with van der Waals surface area (Å²) < 4.78 is 1.99. The maximum absolute atomic E-state index is 12.4. The van der Waals surface area contributed by atoms with Crippen LogP contribution in [0.3, 0.4) is 0 Å². The fourth-order valence-corrected chi connectivity index (χ4v) is 3.21. The van der Waals surface area contributed by atoms with Crippen molar-refractivity contribution in [3.8, 4) is 0 Å². The predicted octanol–water partition coefficient (Wildman–Crippen LogP) is 1.66. The van der Waals surface area contributed by atoms with Crippen LogP contribution in [0.25, 0.3) is 5.65 Å². The van der Waals surface area contributed by atoms with E-state index in [-0.39, 0.29) is 11.8 Å². The Balaban J connectivity index is 1.34. The van der Waals surface area contributed by atoms with Gasteiger partial charge in [0.1, 0.15) is 0 Å². The number of aromatic nitrogens is 4. The average Bonchev–Trinajstić information content (AvgIpc) is 3.11. The molecule has 7 nitrogen and oxygen atoms in total. The Kier molecular flexibility index (Phi) is 4.28. The third-order valence-electron chi connectivity index (χ3n) is 4.61. The second kappa shape index (κ2) is 6.88. The Hall–Kier alpha value is -2.96. The van der Waals surface area contributed by atoms with Gasteiger partial charge in [-0.1, -0.05) is 12.1 Å². The molecule has 1 aliphatic heterocycles. The lowest BCUT2D eigenvalue weighted by Gasteiger charge is -2.31. The Labute approximate surface area is 145 Å². The molecule has 0 spiro atoms. The first-order chi connectivity index (χ1) is 12.3. The molecule has 4 rings (SSSR count). The molecule has 25 heavy (non-hydrogen) atoms. The van der Waals surface area contributed by atoms with Gasteiger partial charge in [0.05, 0.1) is 12.2 Å². The first-order valence-corrected chi connectivity index (χ1v) is 8.53. The molecule has 0 aliphatic carbocycles. The molecule has 1 amide bonds. The standard InChI is InChI=1S/C18H20N6O/c25-17(20-13-15-5-1-3-9-19-15)14-7-11-23(12-8-14)18-22-21-16-6-2-4-10-24(16)18/h1-6,9-10,14H,7-8,11-13H2,(H,20,25). The molecule has 3 aromatic heterocycles. The van der Waals surface area contributed by atoms with E-state index in [9.17, 15) is 4.79 Å². The topological polar surface area (TPSA) is 75.4 Å². The number of pyridine rings is 2. The molecule has 0 unspecified atom stereocenters. The van der Waals surface area contributed by atoms with E-state index in [1.165, 1.54) is 0 Å². The monoisotopic (exact) mass is 336 g/mol. The maximum atomic E-state index is 12.4. The number of piperidine rings is 1. The van der Waals surface area contributed by atoms with Crippen molar-refractivity contribution < 1.29 is 4.79 Å². The molecule has 0 atom stereocenters. The van der Waals surface area contributed by atoms with E-state index in [4.69, 9.17) is 0 Å². The Bertz CT molecular complexity index is 854. The number of nitrogens with one attached hydrogen (secondary N) is 1. The number of fused-ring (bicyclic) bond motifs is 1. The molecule has 128 valence electrons. The van der Waals surface area contributed by atoms with Crippen molar-refractivity contribution in [2.24, 2.45) is 5.92 Å². The van der Waals surface area contributed by atoms with Crippen molar-refractivity contribution in [3.63, 3.8) is 0 Å². The SMILES string of the molecule is O=C(NCc1ccccn1)C1CCN(c2nnc3ccccn23)CC1. The lowest BCUT2D eigenvalue weighted by atomic mass is 9.96. The molecule has 0 radical (unpaired) electrons. The van der Waals surface area contributed by atoms with Crippen LogP contribution in [0.1, 0.15) is 18.5 Å². The van der Waals surface area contributed by atoms with Gasteiger partial charge in [-0.05, 0) is 37.1 Å². The molecule has 4 heterocycles. The van der Waals surface area contributed by atoms with Gasteiger partial charge in [-0.15, -0.1) is 10.2 Å². The average molecular weight is 336 g/mol. The largest absolute Gasteiger partial charge is 0.350 e. The summed E-state index contributed by atoms with van der Waals surface area (Å²) in [5.41, 5.74) is 1.72. The molecule has 1 fully saturated rings. The van der Waals surface area contributed by atoms with Gasteiger partial charge in [0.15, 0.2) is 5.65 Å². The van der Waals surface area contributed by atoms with Gasteiger partial charge >= 0.3 is 0 Å². The van der Waals surface area contributed by atoms with Gasteiger partial charge in [0, 0.05) is 31.4 Å². The normalized spacial score (nSPS) is 15.4. The number of hydrogen-bond acceptors (Lipinski definition) is 5. The number of anilines is 1. The number of hydrogen-bond donors (Lipinski definition) is 1. The van der Waals surface area contributed by atoms with E-state index >= 15 is 0 Å². The zero-order chi connectivity index (χ0) is 17.1. The summed E-state index contributed by atoms with van der Waals surface area (Å²) in [6.45, 7) is 2.09. The zero-order valence-corrected chi connectivity index (χ0v) is 13.9. The van der Waals surface area contributed by atoms with Gasteiger partial charge in [0.25, 0.3) is 0 Å². The molecule has 0 aromatic carbocycles. The van der Waals surface area contributed by atoms with Gasteiger partial charge in [-0.3, -0.25) is 14.2 Å². The van der Waals surface area contributed by atoms with Crippen LogP contribution < -0.4 is 10.2 Å². The van der Waals surface area contributed by atoms with Gasteiger partial charge < -0.3 is 10.2 Å². The van der Waals surface area contributed by atoms with Crippen LogP contribution in [0.2, 0.25) is 0 Å². The quantitative estimate of drug-likeness (QED) is 0.784. The van der Waals surface area contributed by atoms with E-state index in [0.29, 0.717) is 6.54 Å². The van der Waals surface area contributed by atoms with Crippen LogP contribution in [0.15, 0.2) is 48.8 Å². The van der Waals surface area contributed by atoms with E-state index in [1.807, 2.05) is 47.0 Å². The summed E-state index contributed by atoms with van der Waals surface area (Å²) in [6.07, 6.45) is 5.34. The first kappa shape index (κ1) is 15.6. The highest BCUT2D eigenvalue weighted by molar-refractivity contribution is 5.78. The summed E-state index contributed by atoms with van der Waals surface area (Å²) in [5.74, 6) is 0.999. The van der Waals surface area contributed by atoms with Crippen molar-refractivity contribution in [3.05, 3.63) is 54.5 Å². The molecular weight excluding hydrogens is 316 g/mol. The van der Waals surface area contributed by atoms with Gasteiger partial charge in [-0.2, -0.15) is 0 Å². The summed E-state index contributed by atoms with van der Waals surface area (Å²) in [5, 5.41) is 11.5. The molecular formula is C18H20N6O. The Morgan fingerprint density at radius 2 is 1.96 bits per heavy atom. The molecule has 3 aromatic rings. The van der Waals surface area contributed by atoms with Crippen LogP contribution in [0.5, 0.6) is 0 Å². The Morgan fingerprint density at radius 1 is 1.12 bits per heavy atom. The summed E-state index contributed by atoms with van der Waals surface area (Å²) in [7, 11) is 0. The number of nitrogens with zero attached hydrogens (tertiary/aromatic N) is 5. The fourth-order valence-electron chi connectivity index (χ4n) is 3.21. The number of amides is 1. The minimum atomic E-state index is 0.0409. The lowest BCUT2D eigenvalue weighted by molar-refractivity contribution is -0.125. The lowest BCUT2D eigenvalue weighted by Crippen LogP contribution is -2.41. The van der Waals surface area contributed by atoms with Crippen LogP contribution in [0.4, 0.5) is 5.95 Å². The fraction of sp³-hybridized carbons (Fsp3) is 0.333. The van der Waals surface area contributed by atoms with Gasteiger partial charge in [-0.25, -0.2) is 0 Å². The molecule has 7 heteroatoms. The third-order valence-corrected chi connectivity index (χ3v) is 4.61. The summed E-state index contributed by atoms with van der Waals surface area (Å²) in [4.78, 5) is 18.8. The summed E-state index contributed by atoms with van der Waals surface area (Å²) in [6, 6.07) is 11.6. The van der Waals surface area contributed by atoms with Gasteiger partial charge in [0.2, 0.25) is 11.9 Å². The van der Waals surface area contributed by atoms with E-state index in [2.05, 4.69) is 25.4 Å². The molecule has 1 aliphatic rings. The van der Waals surface area contributed by atoms with E-state index in [0.717, 1.165) is 43.2 Å². The highest BCUT2D eigenvalue weighted by atomic mass is 16.1. The second-order valence-electron chi connectivity index (χ2n) is 6.23. The molecule has 1 saturated heterocycles. The Morgan fingerprint density at radius 3 is 2.76 bits per heavy atom. The second-order valence-corrected chi connectivity index (χ2v) is 6.23. The van der Waals surface area contributed by atoms with Crippen molar-refractivity contribution in [2.75, 3.05) is 18.0 Å². The molecule has 0 bridgehead atoms. The van der Waals surface area contributed by atoms with Crippen molar-refractivity contribution in [2.45, 2.75) is 19.4 Å². The van der Waals surface area contributed by atoms with Crippen molar-refractivity contribution >= 4 is 17.5 Å². The molecule has 1 N–H and O–H groups in total. The smallest absolute Gasteiger partial charge is 0.231 e. The van der Waals surface area contributed by atoms with E-state index < -0.39 is 0 Å². The van der Waals surface area contributed by atoms with E-state index in [1.54, 1.807) is 6.20 Å². The zero-order valence-electron chi connectivity index (χ0n) is 13.9. The number of carbonyl (C=O) groups is 1. The highest BCUT2D eigenvalue weighted by Crippen LogP contribution is 2.22. The minimum Gasteiger partial charge on any atom is -0.350 e. The summed E-state index contributed by atoms with van der Waals surface area (Å²) >= 11 is 0. The van der Waals surface area contributed by atoms with Crippen molar-refractivity contribution in [1.29, 1.82) is 0 Å². The van der Waals surface area contributed by atoms with Crippen molar-refractivity contribution in [1.82, 2.24) is 24.9 Å². The third kappa shape index (κ3) is 3.31. The number of carbonyl (C=O) groups excluding carboxylic acids is 1. The predicted molar refractivity (Wildman–Crippen MR) is 94.0 cm³/mol. The minimum absolute atomic E-state index is 0.0409. The first-order valence-electron chi connectivity index (χ1n) is 8.53. The maximum Gasteiger partial charge on any atom is 0.231 e. The highest BCUT2D eigenvalue weighted by Gasteiger charge is 2.26. The van der Waals surface area contributed by atoms with Crippen LogP contribution in [0, 0.1) is 5.92 Å². The number of rotatable bonds is 4. The van der Waals surface area contributed by atoms with Crippen LogP contribution in [-0.2, 0) is 11.3 Å². The van der Waals surface area contributed by atoms with Crippen LogP contribution in [-0.4, -0.2) is 38.6 Å². The van der Waals surface area contributed by atoms with Crippen LogP contribution >= 0.6 is 0 Å².